The zero-order chi connectivity index (χ0) is 13.8. The maximum absolute atomic E-state index is 12.0. The minimum atomic E-state index is -0.0442. The van der Waals surface area contributed by atoms with Crippen LogP contribution in [0, 0.1) is 5.92 Å². The summed E-state index contributed by atoms with van der Waals surface area (Å²) in [4.78, 5) is 13.8. The third-order valence-corrected chi connectivity index (χ3v) is 3.73. The Bertz CT molecular complexity index is 432. The maximum atomic E-state index is 12.0. The minimum Gasteiger partial charge on any atom is -0.484 e. The van der Waals surface area contributed by atoms with Crippen molar-refractivity contribution in [1.82, 2.24) is 4.90 Å². The predicted octanol–water partition coefficient (Wildman–Crippen LogP) is 1.91. The highest BCUT2D eigenvalue weighted by Crippen LogP contribution is 2.34. The fourth-order valence-electron chi connectivity index (χ4n) is 2.11. The summed E-state index contributed by atoms with van der Waals surface area (Å²) in [5.74, 6) is 1.16. The molecule has 0 saturated heterocycles. The van der Waals surface area contributed by atoms with Gasteiger partial charge in [-0.2, -0.15) is 0 Å². The van der Waals surface area contributed by atoms with Crippen LogP contribution in [0.5, 0.6) is 5.75 Å². The van der Waals surface area contributed by atoms with E-state index in [1.807, 2.05) is 0 Å². The Morgan fingerprint density at radius 3 is 2.63 bits per heavy atom. The zero-order valence-electron chi connectivity index (χ0n) is 11.0. The van der Waals surface area contributed by atoms with Gasteiger partial charge in [-0.25, -0.2) is 0 Å². The molecule has 0 radical (unpaired) electrons. The van der Waals surface area contributed by atoms with Crippen LogP contribution >= 0.6 is 11.6 Å². The van der Waals surface area contributed by atoms with Crippen LogP contribution in [0.3, 0.4) is 0 Å². The molecule has 0 bridgehead atoms. The van der Waals surface area contributed by atoms with E-state index in [2.05, 4.69) is 0 Å². The molecule has 2 rings (SSSR count). The second kappa shape index (κ2) is 6.26. The van der Waals surface area contributed by atoms with Gasteiger partial charge < -0.3 is 15.4 Å². The maximum Gasteiger partial charge on any atom is 0.260 e. The van der Waals surface area contributed by atoms with Crippen molar-refractivity contribution in [2.24, 2.45) is 11.7 Å². The van der Waals surface area contributed by atoms with E-state index in [9.17, 15) is 4.79 Å². The highest BCUT2D eigenvalue weighted by molar-refractivity contribution is 6.30. The first-order valence-corrected chi connectivity index (χ1v) is 6.83. The van der Waals surface area contributed by atoms with E-state index in [1.54, 1.807) is 36.2 Å². The molecule has 5 heteroatoms. The van der Waals surface area contributed by atoms with Crippen LogP contribution in [0.15, 0.2) is 24.3 Å². The van der Waals surface area contributed by atoms with Gasteiger partial charge in [0.2, 0.25) is 0 Å². The summed E-state index contributed by atoms with van der Waals surface area (Å²) in [6.07, 6.45) is 2.33. The lowest BCUT2D eigenvalue weighted by Gasteiger charge is -2.27. The van der Waals surface area contributed by atoms with Gasteiger partial charge in [0.1, 0.15) is 5.75 Å². The molecule has 1 aromatic carbocycles. The van der Waals surface area contributed by atoms with Gasteiger partial charge in [0.05, 0.1) is 0 Å². The second-order valence-electron chi connectivity index (χ2n) is 4.89. The Hall–Kier alpha value is -1.26. The second-order valence-corrected chi connectivity index (χ2v) is 5.32. The number of nitrogens with zero attached hydrogens (tertiary/aromatic N) is 1. The van der Waals surface area contributed by atoms with Crippen LogP contribution in [0.2, 0.25) is 5.02 Å². The van der Waals surface area contributed by atoms with Crippen molar-refractivity contribution in [1.29, 1.82) is 0 Å². The van der Waals surface area contributed by atoms with Crippen molar-refractivity contribution >= 4 is 17.5 Å². The number of carbonyl (C=O) groups excluding carboxylic acids is 1. The molecular formula is C14H19ClN2O2. The summed E-state index contributed by atoms with van der Waals surface area (Å²) in [5.41, 5.74) is 5.73. The Kier molecular flexibility index (Phi) is 4.66. The van der Waals surface area contributed by atoms with Crippen molar-refractivity contribution in [2.45, 2.75) is 18.9 Å². The topological polar surface area (TPSA) is 55.6 Å². The molecule has 2 N–H and O–H groups in total. The summed E-state index contributed by atoms with van der Waals surface area (Å²) in [6.45, 7) is 0.537. The monoisotopic (exact) mass is 282 g/mol. The molecule has 1 amide bonds. The van der Waals surface area contributed by atoms with E-state index < -0.39 is 0 Å². The fourth-order valence-corrected chi connectivity index (χ4v) is 2.24. The molecule has 104 valence electrons. The number of ether oxygens (including phenoxy) is 1. The zero-order valence-corrected chi connectivity index (χ0v) is 11.8. The average Bonchev–Trinajstić information content (AvgIpc) is 3.23. The van der Waals surface area contributed by atoms with Crippen molar-refractivity contribution < 1.29 is 9.53 Å². The largest absolute Gasteiger partial charge is 0.484 e. The highest BCUT2D eigenvalue weighted by atomic mass is 35.5. The van der Waals surface area contributed by atoms with Gasteiger partial charge in [-0.05, 0) is 43.0 Å². The lowest BCUT2D eigenvalue weighted by atomic mass is 10.1. The number of hydrogen-bond acceptors (Lipinski definition) is 3. The van der Waals surface area contributed by atoms with Gasteiger partial charge in [-0.15, -0.1) is 0 Å². The Morgan fingerprint density at radius 1 is 1.47 bits per heavy atom. The predicted molar refractivity (Wildman–Crippen MR) is 75.3 cm³/mol. The number of hydrogen-bond donors (Lipinski definition) is 1. The number of benzene rings is 1. The quantitative estimate of drug-likeness (QED) is 0.867. The van der Waals surface area contributed by atoms with E-state index in [1.165, 1.54) is 0 Å². The first kappa shape index (κ1) is 14.2. The normalized spacial score (nSPS) is 15.9. The van der Waals surface area contributed by atoms with Crippen LogP contribution in [-0.2, 0) is 4.79 Å². The average molecular weight is 283 g/mol. The summed E-state index contributed by atoms with van der Waals surface area (Å²) in [7, 11) is 1.80. The van der Waals surface area contributed by atoms with E-state index >= 15 is 0 Å². The van der Waals surface area contributed by atoms with Gasteiger partial charge in [0.15, 0.2) is 6.61 Å². The van der Waals surface area contributed by atoms with Crippen LogP contribution in [0.25, 0.3) is 0 Å². The van der Waals surface area contributed by atoms with Gasteiger partial charge in [-0.3, -0.25) is 4.79 Å². The van der Waals surface area contributed by atoms with Crippen LogP contribution < -0.4 is 10.5 Å². The Morgan fingerprint density at radius 2 is 2.11 bits per heavy atom. The molecular weight excluding hydrogens is 264 g/mol. The number of carbonyl (C=O) groups is 1. The van der Waals surface area contributed by atoms with Gasteiger partial charge in [0.25, 0.3) is 5.91 Å². The number of likely N-dealkylation sites (N-methyl/N-ethyl adjacent to an activating group) is 1. The molecule has 0 aromatic heterocycles. The first-order valence-electron chi connectivity index (χ1n) is 6.46. The van der Waals surface area contributed by atoms with Crippen molar-refractivity contribution in [3.8, 4) is 5.75 Å². The molecule has 4 nitrogen and oxygen atoms in total. The molecule has 0 spiro atoms. The Balaban J connectivity index is 1.84. The molecule has 1 unspecified atom stereocenters. The summed E-state index contributed by atoms with van der Waals surface area (Å²) < 4.78 is 5.45. The van der Waals surface area contributed by atoms with Crippen LogP contribution in [-0.4, -0.2) is 37.0 Å². The third kappa shape index (κ3) is 3.85. The van der Waals surface area contributed by atoms with E-state index in [-0.39, 0.29) is 18.6 Å². The SMILES string of the molecule is CN(C(=O)COc1ccc(Cl)cc1)C(CN)C1CC1. The smallest absolute Gasteiger partial charge is 0.260 e. The summed E-state index contributed by atoms with van der Waals surface area (Å²) in [5, 5.41) is 0.646. The first-order chi connectivity index (χ1) is 9.11. The highest BCUT2D eigenvalue weighted by Gasteiger charge is 2.34. The van der Waals surface area contributed by atoms with Crippen LogP contribution in [0.4, 0.5) is 0 Å². The van der Waals surface area contributed by atoms with Crippen LogP contribution in [0.1, 0.15) is 12.8 Å². The molecule has 1 aliphatic carbocycles. The lowest BCUT2D eigenvalue weighted by Crippen LogP contribution is -2.45. The molecule has 1 atom stereocenters. The number of nitrogens with two attached hydrogens (primary N) is 1. The molecule has 19 heavy (non-hydrogen) atoms. The van der Waals surface area contributed by atoms with E-state index in [0.29, 0.717) is 23.2 Å². The fraction of sp³-hybridized carbons (Fsp3) is 0.500. The standard InChI is InChI=1S/C14H19ClN2O2/c1-17(13(8-16)10-2-3-10)14(18)9-19-12-6-4-11(15)5-7-12/h4-7,10,13H,2-3,8-9,16H2,1H3. The summed E-state index contributed by atoms with van der Waals surface area (Å²) in [6, 6.07) is 7.10. The number of rotatable bonds is 6. The Labute approximate surface area is 118 Å². The van der Waals surface area contributed by atoms with Gasteiger partial charge in [-0.1, -0.05) is 11.6 Å². The van der Waals surface area contributed by atoms with E-state index in [0.717, 1.165) is 12.8 Å². The van der Waals surface area contributed by atoms with Crippen molar-refractivity contribution in [3.63, 3.8) is 0 Å². The number of halogens is 1. The number of amides is 1. The molecule has 1 saturated carbocycles. The lowest BCUT2D eigenvalue weighted by molar-refractivity contribution is -0.134. The van der Waals surface area contributed by atoms with E-state index in [4.69, 9.17) is 22.1 Å². The molecule has 1 aromatic rings. The van der Waals surface area contributed by atoms with Crippen molar-refractivity contribution in [3.05, 3.63) is 29.3 Å². The third-order valence-electron chi connectivity index (χ3n) is 3.47. The molecule has 1 aliphatic rings. The van der Waals surface area contributed by atoms with Gasteiger partial charge >= 0.3 is 0 Å². The van der Waals surface area contributed by atoms with Gasteiger partial charge in [0, 0.05) is 24.7 Å². The molecule has 0 heterocycles. The molecule has 1 fully saturated rings. The molecule has 0 aliphatic heterocycles. The van der Waals surface area contributed by atoms with Crippen molar-refractivity contribution in [2.75, 3.05) is 20.2 Å². The minimum absolute atomic E-state index is 0.0291. The summed E-state index contributed by atoms with van der Waals surface area (Å²) >= 11 is 5.78.